The monoisotopic (exact) mass is 462 g/mol. The van der Waals surface area contributed by atoms with E-state index in [-0.39, 0.29) is 16.6 Å². The number of ketones is 1. The second-order valence-electron chi connectivity index (χ2n) is 12.1. The van der Waals surface area contributed by atoms with Gasteiger partial charge in [0.05, 0.1) is 0 Å². The van der Waals surface area contributed by atoms with Crippen LogP contribution in [0.1, 0.15) is 103 Å². The molecule has 3 aromatic carbocycles. The van der Waals surface area contributed by atoms with E-state index in [4.69, 9.17) is 0 Å². The predicted molar refractivity (Wildman–Crippen MR) is 147 cm³/mol. The molecule has 1 nitrogen and oxygen atoms in total. The van der Waals surface area contributed by atoms with Gasteiger partial charge in [0, 0.05) is 12.0 Å². The molecule has 2 aliphatic carbocycles. The fourth-order valence-corrected chi connectivity index (χ4v) is 5.92. The van der Waals surface area contributed by atoms with Crippen LogP contribution in [0.3, 0.4) is 0 Å². The van der Waals surface area contributed by atoms with Crippen LogP contribution in [0, 0.1) is 6.92 Å². The Kier molecular flexibility index (Phi) is 6.08. The van der Waals surface area contributed by atoms with Gasteiger partial charge in [-0.25, -0.2) is 0 Å². The Hall–Kier alpha value is -2.93. The molecule has 0 N–H and O–H groups in total. The average molecular weight is 463 g/mol. The van der Waals surface area contributed by atoms with Crippen molar-refractivity contribution in [1.29, 1.82) is 0 Å². The molecule has 0 saturated carbocycles. The summed E-state index contributed by atoms with van der Waals surface area (Å²) in [6.45, 7) is 11.8. The first kappa shape index (κ1) is 23.8. The van der Waals surface area contributed by atoms with Gasteiger partial charge in [-0.05, 0) is 88.8 Å². The molecule has 0 unspecified atom stereocenters. The van der Waals surface area contributed by atoms with E-state index in [1.165, 1.54) is 57.4 Å². The number of carbonyl (C=O) groups is 1. The van der Waals surface area contributed by atoms with Crippen LogP contribution in [0.5, 0.6) is 0 Å². The van der Waals surface area contributed by atoms with Gasteiger partial charge in [-0.1, -0.05) is 100 Å². The number of carbonyl (C=O) groups excluding carboxylic acids is 1. The molecule has 3 aromatic rings. The van der Waals surface area contributed by atoms with Crippen molar-refractivity contribution in [3.05, 3.63) is 111 Å². The number of benzene rings is 3. The smallest absolute Gasteiger partial charge is 0.163 e. The average Bonchev–Trinajstić information content (AvgIpc) is 3.25. The van der Waals surface area contributed by atoms with Gasteiger partial charge in [-0.15, -0.1) is 0 Å². The van der Waals surface area contributed by atoms with E-state index in [1.54, 1.807) is 0 Å². The number of fused-ring (bicyclic) bond motifs is 2. The molecule has 180 valence electrons. The van der Waals surface area contributed by atoms with Crippen molar-refractivity contribution in [2.24, 2.45) is 0 Å². The summed E-state index contributed by atoms with van der Waals surface area (Å²) in [6.07, 6.45) is 8.05. The van der Waals surface area contributed by atoms with Crippen LogP contribution in [-0.2, 0) is 23.7 Å². The lowest BCUT2D eigenvalue weighted by atomic mass is 9.62. The highest BCUT2D eigenvalue weighted by Gasteiger charge is 2.37. The van der Waals surface area contributed by atoms with Crippen molar-refractivity contribution in [3.63, 3.8) is 0 Å². The second-order valence-corrected chi connectivity index (χ2v) is 12.1. The number of aryl methyl sites for hydroxylation is 1. The summed E-state index contributed by atoms with van der Waals surface area (Å²) >= 11 is 0. The number of Topliss-reactive ketones (excluding diaryl/α,β-unsaturated/α-hetero) is 1. The third-order valence-corrected chi connectivity index (χ3v) is 8.49. The van der Waals surface area contributed by atoms with Gasteiger partial charge in [-0.2, -0.15) is 0 Å². The number of hydrogen-bond acceptors (Lipinski definition) is 1. The summed E-state index contributed by atoms with van der Waals surface area (Å²) in [6, 6.07) is 21.8. The molecule has 0 atom stereocenters. The van der Waals surface area contributed by atoms with Crippen LogP contribution in [0.15, 0.2) is 66.2 Å². The van der Waals surface area contributed by atoms with E-state index in [9.17, 15) is 4.79 Å². The lowest BCUT2D eigenvalue weighted by Gasteiger charge is -2.42. The van der Waals surface area contributed by atoms with Crippen molar-refractivity contribution >= 4 is 11.9 Å². The second kappa shape index (κ2) is 8.94. The number of hydrogen-bond donors (Lipinski definition) is 0. The van der Waals surface area contributed by atoms with Crippen LogP contribution >= 0.6 is 0 Å². The van der Waals surface area contributed by atoms with Crippen LogP contribution < -0.4 is 0 Å². The highest BCUT2D eigenvalue weighted by molar-refractivity contribution is 5.96. The van der Waals surface area contributed by atoms with E-state index in [0.717, 1.165) is 24.8 Å². The molecule has 5 rings (SSSR count). The maximum absolute atomic E-state index is 12.9. The zero-order valence-electron chi connectivity index (χ0n) is 22.0. The Morgan fingerprint density at radius 1 is 0.857 bits per heavy atom. The summed E-state index contributed by atoms with van der Waals surface area (Å²) in [7, 11) is 0. The van der Waals surface area contributed by atoms with Gasteiger partial charge in [0.15, 0.2) is 5.78 Å². The molecule has 35 heavy (non-hydrogen) atoms. The SMILES string of the molecule is Cc1cc2c(cc1Cc1ccc(C(=O)CCC3=Cc4ccccc4C3)cc1)C(C)(C)CCC2(C)C. The fraction of sp³-hybridized carbons (Fsp3) is 0.382. The van der Waals surface area contributed by atoms with E-state index in [2.05, 4.69) is 89.2 Å². The standard InChI is InChI=1S/C34H38O/c1-23-18-30-31(34(4,5)17-16-33(30,2)3)22-29(23)19-24-10-13-26(14-11-24)32(35)15-12-25-20-27-8-6-7-9-28(27)21-25/h6-11,13-14,18,20,22H,12,15-17,19,21H2,1-5H3. The van der Waals surface area contributed by atoms with E-state index in [1.807, 2.05) is 12.1 Å². The molecule has 0 aliphatic heterocycles. The van der Waals surface area contributed by atoms with Gasteiger partial charge in [0.25, 0.3) is 0 Å². The maximum Gasteiger partial charge on any atom is 0.163 e. The van der Waals surface area contributed by atoms with Gasteiger partial charge in [-0.3, -0.25) is 4.79 Å². The zero-order chi connectivity index (χ0) is 24.8. The first-order valence-electron chi connectivity index (χ1n) is 13.2. The van der Waals surface area contributed by atoms with Crippen molar-refractivity contribution in [2.75, 3.05) is 0 Å². The zero-order valence-corrected chi connectivity index (χ0v) is 22.0. The Labute approximate surface area is 211 Å². The third kappa shape index (κ3) is 4.79. The van der Waals surface area contributed by atoms with Crippen LogP contribution in [0.25, 0.3) is 6.08 Å². The highest BCUT2D eigenvalue weighted by atomic mass is 16.1. The van der Waals surface area contributed by atoms with Crippen LogP contribution in [0.4, 0.5) is 0 Å². The van der Waals surface area contributed by atoms with Gasteiger partial charge in [0.1, 0.15) is 0 Å². The lowest BCUT2D eigenvalue weighted by Crippen LogP contribution is -2.34. The van der Waals surface area contributed by atoms with Crippen LogP contribution in [0.2, 0.25) is 0 Å². The molecule has 0 radical (unpaired) electrons. The number of rotatable bonds is 6. The molecule has 0 spiro atoms. The fourth-order valence-electron chi connectivity index (χ4n) is 5.92. The van der Waals surface area contributed by atoms with Crippen molar-refractivity contribution < 1.29 is 4.79 Å². The van der Waals surface area contributed by atoms with E-state index < -0.39 is 0 Å². The van der Waals surface area contributed by atoms with Gasteiger partial charge >= 0.3 is 0 Å². The quantitative estimate of drug-likeness (QED) is 0.335. The minimum absolute atomic E-state index is 0.222. The molecule has 0 saturated heterocycles. The first-order valence-corrected chi connectivity index (χ1v) is 13.2. The Bertz CT molecular complexity index is 1300. The van der Waals surface area contributed by atoms with E-state index in [0.29, 0.717) is 6.42 Å². The minimum Gasteiger partial charge on any atom is -0.294 e. The van der Waals surface area contributed by atoms with Gasteiger partial charge < -0.3 is 0 Å². The molecule has 1 heteroatoms. The third-order valence-electron chi connectivity index (χ3n) is 8.49. The maximum atomic E-state index is 12.9. The van der Waals surface area contributed by atoms with Crippen molar-refractivity contribution in [3.8, 4) is 0 Å². The van der Waals surface area contributed by atoms with Gasteiger partial charge in [0.2, 0.25) is 0 Å². The lowest BCUT2D eigenvalue weighted by molar-refractivity contribution is 0.0982. The Balaban J connectivity index is 1.26. The van der Waals surface area contributed by atoms with Crippen LogP contribution in [-0.4, -0.2) is 5.78 Å². The van der Waals surface area contributed by atoms with Crippen molar-refractivity contribution in [1.82, 2.24) is 0 Å². The number of allylic oxidation sites excluding steroid dienone is 1. The van der Waals surface area contributed by atoms with Crippen molar-refractivity contribution in [2.45, 2.75) is 84.0 Å². The molecular formula is C34H38O. The summed E-state index contributed by atoms with van der Waals surface area (Å²) < 4.78 is 0. The molecule has 0 heterocycles. The minimum atomic E-state index is 0.222. The molecule has 0 amide bonds. The molecule has 0 fully saturated rings. The molecule has 0 bridgehead atoms. The largest absolute Gasteiger partial charge is 0.294 e. The Morgan fingerprint density at radius 2 is 1.51 bits per heavy atom. The summed E-state index contributed by atoms with van der Waals surface area (Å²) in [4.78, 5) is 12.9. The molecular weight excluding hydrogens is 424 g/mol. The van der Waals surface area contributed by atoms with E-state index >= 15 is 0 Å². The summed E-state index contributed by atoms with van der Waals surface area (Å²) in [5, 5.41) is 0. The normalized spacial score (nSPS) is 17.5. The molecule has 2 aliphatic rings. The Morgan fingerprint density at radius 3 is 2.20 bits per heavy atom. The summed E-state index contributed by atoms with van der Waals surface area (Å²) in [5.74, 6) is 0.238. The highest BCUT2D eigenvalue weighted by Crippen LogP contribution is 2.46. The first-order chi connectivity index (χ1) is 16.6. The summed E-state index contributed by atoms with van der Waals surface area (Å²) in [5.41, 5.74) is 12.4. The topological polar surface area (TPSA) is 17.1 Å². The predicted octanol–water partition coefficient (Wildman–Crippen LogP) is 8.54. The molecule has 0 aromatic heterocycles.